The molecule has 0 heterocycles. The van der Waals surface area contributed by atoms with Crippen molar-refractivity contribution in [3.05, 3.63) is 53.6 Å². The molecule has 5 unspecified atom stereocenters. The summed E-state index contributed by atoms with van der Waals surface area (Å²) in [5.74, 6) is 0.376. The standard InChI is InChI=1S/C28H44ClNO4/c1-3-30(4-2)18-11-9-7-5-6-8-10-15-25-26(28(33)20-27(25)32)17-16-23(31)21-34-24-14-12-13-22(29)19-24/h8,10,12-14,16-17,19,23,25-28,31-33H,3-7,9,11,15,18,20-21H2,1-2H3. The molecule has 5 nitrogen and oxygen atoms in total. The Balaban J connectivity index is 1.70. The van der Waals surface area contributed by atoms with Crippen LogP contribution in [0.15, 0.2) is 48.6 Å². The summed E-state index contributed by atoms with van der Waals surface area (Å²) in [5.41, 5.74) is 0. The Morgan fingerprint density at radius 3 is 2.59 bits per heavy atom. The van der Waals surface area contributed by atoms with Crippen LogP contribution in [0.3, 0.4) is 0 Å². The van der Waals surface area contributed by atoms with E-state index in [1.807, 2.05) is 6.08 Å². The van der Waals surface area contributed by atoms with Gasteiger partial charge in [0.25, 0.3) is 0 Å². The minimum atomic E-state index is -0.804. The predicted molar refractivity (Wildman–Crippen MR) is 140 cm³/mol. The maximum atomic E-state index is 10.4. The first-order valence-corrected chi connectivity index (χ1v) is 13.3. The Hall–Kier alpha value is -1.37. The fraction of sp³-hybridized carbons (Fsp3) is 0.643. The molecule has 1 saturated carbocycles. The SMILES string of the molecule is CCN(CC)CCCCCCC=CCC1C(O)CC(O)C1C=CC(O)COc1cccc(Cl)c1. The van der Waals surface area contributed by atoms with Gasteiger partial charge in [0, 0.05) is 17.4 Å². The highest BCUT2D eigenvalue weighted by molar-refractivity contribution is 6.30. The first-order chi connectivity index (χ1) is 16.4. The van der Waals surface area contributed by atoms with E-state index in [0.717, 1.165) is 25.9 Å². The van der Waals surface area contributed by atoms with Crippen molar-refractivity contribution in [1.82, 2.24) is 4.90 Å². The normalized spacial score (nSPS) is 24.0. The van der Waals surface area contributed by atoms with Crippen LogP contribution in [0, 0.1) is 11.8 Å². The van der Waals surface area contributed by atoms with Crippen molar-refractivity contribution in [3.8, 4) is 5.75 Å². The van der Waals surface area contributed by atoms with Crippen LogP contribution in [0.2, 0.25) is 5.02 Å². The molecule has 1 aromatic rings. The van der Waals surface area contributed by atoms with Gasteiger partial charge in [-0.1, -0.05) is 68.7 Å². The molecular weight excluding hydrogens is 450 g/mol. The summed E-state index contributed by atoms with van der Waals surface area (Å²) in [4.78, 5) is 2.47. The molecule has 1 aliphatic rings. The van der Waals surface area contributed by atoms with Crippen LogP contribution >= 0.6 is 11.6 Å². The van der Waals surface area contributed by atoms with Crippen LogP contribution in [0.5, 0.6) is 5.75 Å². The van der Waals surface area contributed by atoms with E-state index in [1.54, 1.807) is 30.3 Å². The number of benzene rings is 1. The summed E-state index contributed by atoms with van der Waals surface area (Å²) in [5, 5.41) is 31.7. The third-order valence-electron chi connectivity index (χ3n) is 6.75. The number of hydrogen-bond acceptors (Lipinski definition) is 5. The van der Waals surface area contributed by atoms with Crippen molar-refractivity contribution in [2.24, 2.45) is 11.8 Å². The summed E-state index contributed by atoms with van der Waals surface area (Å²) >= 11 is 5.95. The number of halogens is 1. The fourth-order valence-electron chi connectivity index (χ4n) is 4.62. The first-order valence-electron chi connectivity index (χ1n) is 12.9. The number of nitrogens with zero attached hydrogens (tertiary/aromatic N) is 1. The van der Waals surface area contributed by atoms with E-state index in [1.165, 1.54) is 32.2 Å². The molecule has 0 aromatic heterocycles. The Kier molecular flexibility index (Phi) is 13.9. The number of allylic oxidation sites excluding steroid dienone is 2. The van der Waals surface area contributed by atoms with Gasteiger partial charge in [0.1, 0.15) is 18.5 Å². The molecule has 0 bridgehead atoms. The molecule has 2 rings (SSSR count). The molecule has 6 heteroatoms. The van der Waals surface area contributed by atoms with Gasteiger partial charge < -0.3 is 25.0 Å². The van der Waals surface area contributed by atoms with Crippen molar-refractivity contribution in [3.63, 3.8) is 0 Å². The summed E-state index contributed by atoms with van der Waals surface area (Å²) in [6.45, 7) is 7.99. The molecule has 1 aliphatic carbocycles. The van der Waals surface area contributed by atoms with Crippen LogP contribution < -0.4 is 4.74 Å². The van der Waals surface area contributed by atoms with E-state index in [-0.39, 0.29) is 18.4 Å². The Morgan fingerprint density at radius 2 is 1.85 bits per heavy atom. The number of ether oxygens (including phenoxy) is 1. The van der Waals surface area contributed by atoms with Crippen molar-refractivity contribution >= 4 is 11.6 Å². The second-order valence-electron chi connectivity index (χ2n) is 9.27. The molecule has 1 aromatic carbocycles. The van der Waals surface area contributed by atoms with E-state index < -0.39 is 18.3 Å². The largest absolute Gasteiger partial charge is 0.491 e. The van der Waals surface area contributed by atoms with Crippen LogP contribution in [0.1, 0.15) is 58.8 Å². The number of unbranched alkanes of at least 4 members (excludes halogenated alkanes) is 4. The topological polar surface area (TPSA) is 73.2 Å². The smallest absolute Gasteiger partial charge is 0.120 e. The number of hydrogen-bond donors (Lipinski definition) is 3. The van der Waals surface area contributed by atoms with Gasteiger partial charge >= 0.3 is 0 Å². The summed E-state index contributed by atoms with van der Waals surface area (Å²) in [6.07, 6.45) is 13.0. The lowest BCUT2D eigenvalue weighted by Gasteiger charge is -2.19. The third-order valence-corrected chi connectivity index (χ3v) is 6.99. The Labute approximate surface area is 211 Å². The maximum absolute atomic E-state index is 10.4. The monoisotopic (exact) mass is 493 g/mol. The predicted octanol–water partition coefficient (Wildman–Crippen LogP) is 5.23. The van der Waals surface area contributed by atoms with Gasteiger partial charge in [-0.05, 0) is 69.4 Å². The second-order valence-corrected chi connectivity index (χ2v) is 9.71. The fourth-order valence-corrected chi connectivity index (χ4v) is 4.80. The van der Waals surface area contributed by atoms with Crippen LogP contribution in [-0.4, -0.2) is 64.8 Å². The molecule has 192 valence electrons. The summed E-state index contributed by atoms with van der Waals surface area (Å²) < 4.78 is 5.58. The highest BCUT2D eigenvalue weighted by Gasteiger charge is 2.39. The molecule has 1 fully saturated rings. The quantitative estimate of drug-likeness (QED) is 0.217. The van der Waals surface area contributed by atoms with Gasteiger partial charge in [-0.2, -0.15) is 0 Å². The van der Waals surface area contributed by atoms with Crippen molar-refractivity contribution < 1.29 is 20.1 Å². The third kappa shape index (κ3) is 10.5. The zero-order chi connectivity index (χ0) is 24.8. The van der Waals surface area contributed by atoms with Crippen LogP contribution in [-0.2, 0) is 0 Å². The summed E-state index contributed by atoms with van der Waals surface area (Å²) in [7, 11) is 0. The van der Waals surface area contributed by atoms with Gasteiger partial charge in [-0.3, -0.25) is 0 Å². The molecule has 0 spiro atoms. The summed E-state index contributed by atoms with van der Waals surface area (Å²) in [6, 6.07) is 7.04. The van der Waals surface area contributed by atoms with Gasteiger partial charge in [-0.25, -0.2) is 0 Å². The van der Waals surface area contributed by atoms with E-state index in [4.69, 9.17) is 16.3 Å². The first kappa shape index (κ1) is 28.9. The zero-order valence-electron chi connectivity index (χ0n) is 20.9. The van der Waals surface area contributed by atoms with Crippen LogP contribution in [0.4, 0.5) is 0 Å². The lowest BCUT2D eigenvalue weighted by molar-refractivity contribution is 0.120. The average Bonchev–Trinajstić information content (AvgIpc) is 3.09. The molecule has 34 heavy (non-hydrogen) atoms. The number of rotatable bonds is 16. The molecular formula is C28H44ClNO4. The van der Waals surface area contributed by atoms with Gasteiger partial charge in [-0.15, -0.1) is 0 Å². The highest BCUT2D eigenvalue weighted by Crippen LogP contribution is 2.36. The molecule has 5 atom stereocenters. The van der Waals surface area contributed by atoms with Crippen molar-refractivity contribution in [1.29, 1.82) is 0 Å². The molecule has 0 radical (unpaired) electrons. The zero-order valence-corrected chi connectivity index (χ0v) is 21.6. The number of aliphatic hydroxyl groups is 3. The Bertz CT molecular complexity index is 737. The highest BCUT2D eigenvalue weighted by atomic mass is 35.5. The lowest BCUT2D eigenvalue weighted by atomic mass is 9.89. The second kappa shape index (κ2) is 16.3. The average molecular weight is 494 g/mol. The number of aliphatic hydroxyl groups excluding tert-OH is 3. The molecule has 3 N–H and O–H groups in total. The molecule has 0 saturated heterocycles. The van der Waals surface area contributed by atoms with E-state index >= 15 is 0 Å². The molecule has 0 aliphatic heterocycles. The van der Waals surface area contributed by atoms with Crippen LogP contribution in [0.25, 0.3) is 0 Å². The van der Waals surface area contributed by atoms with E-state index in [9.17, 15) is 15.3 Å². The maximum Gasteiger partial charge on any atom is 0.120 e. The van der Waals surface area contributed by atoms with Crippen molar-refractivity contribution in [2.75, 3.05) is 26.2 Å². The lowest BCUT2D eigenvalue weighted by Crippen LogP contribution is -2.23. The minimum Gasteiger partial charge on any atom is -0.491 e. The van der Waals surface area contributed by atoms with Gasteiger partial charge in [0.15, 0.2) is 0 Å². The Morgan fingerprint density at radius 1 is 1.09 bits per heavy atom. The minimum absolute atomic E-state index is 0.0439. The van der Waals surface area contributed by atoms with Gasteiger partial charge in [0.05, 0.1) is 12.2 Å². The van der Waals surface area contributed by atoms with Gasteiger partial charge in [0.2, 0.25) is 0 Å². The van der Waals surface area contributed by atoms with Crippen molar-refractivity contribution in [2.45, 2.75) is 77.1 Å². The van der Waals surface area contributed by atoms with E-state index in [2.05, 4.69) is 30.9 Å². The van der Waals surface area contributed by atoms with E-state index in [0.29, 0.717) is 17.2 Å². The molecule has 0 amide bonds.